The van der Waals surface area contributed by atoms with Crippen LogP contribution in [0.15, 0.2) is 43.2 Å². The van der Waals surface area contributed by atoms with Gasteiger partial charge in [0.25, 0.3) is 0 Å². The van der Waals surface area contributed by atoms with Crippen LogP contribution in [0.3, 0.4) is 0 Å². The molecule has 0 saturated heterocycles. The van der Waals surface area contributed by atoms with Gasteiger partial charge in [-0.3, -0.25) is 9.78 Å². The van der Waals surface area contributed by atoms with Crippen LogP contribution in [0.5, 0.6) is 0 Å². The molecule has 5 heteroatoms. The lowest BCUT2D eigenvalue weighted by Gasteiger charge is -2.22. The Morgan fingerprint density at radius 2 is 2.19 bits per heavy atom. The lowest BCUT2D eigenvalue weighted by Crippen LogP contribution is -2.36. The highest BCUT2D eigenvalue weighted by Gasteiger charge is 2.24. The predicted molar refractivity (Wildman–Crippen MR) is 102 cm³/mol. The van der Waals surface area contributed by atoms with Gasteiger partial charge < -0.3 is 10.2 Å². The first-order valence-corrected chi connectivity index (χ1v) is 8.95. The van der Waals surface area contributed by atoms with Crippen molar-refractivity contribution in [3.8, 4) is 11.1 Å². The van der Waals surface area contributed by atoms with Crippen LogP contribution in [0.25, 0.3) is 11.1 Å². The molecule has 3 rings (SSSR count). The summed E-state index contributed by atoms with van der Waals surface area (Å²) < 4.78 is 13.5. The fraction of sp³-hybridized carbons (Fsp3) is 0.333. The smallest absolute Gasteiger partial charge is 0.240 e. The van der Waals surface area contributed by atoms with E-state index in [2.05, 4.69) is 16.9 Å². The number of carbonyl (C=O) groups is 1. The van der Waals surface area contributed by atoms with E-state index in [1.165, 1.54) is 6.07 Å². The summed E-state index contributed by atoms with van der Waals surface area (Å²) in [7, 11) is 0. The first-order chi connectivity index (χ1) is 12.5. The van der Waals surface area contributed by atoms with Crippen molar-refractivity contribution in [2.45, 2.75) is 39.2 Å². The SMILES string of the molecule is C=CN(CC(=O)NC1CC1)c1cc(-c2ccc(F)cc2CC)cnc1C. The Hall–Kier alpha value is -2.69. The number of aryl methyl sites for hydroxylation is 2. The van der Waals surface area contributed by atoms with E-state index >= 15 is 0 Å². The lowest BCUT2D eigenvalue weighted by molar-refractivity contribution is -0.119. The van der Waals surface area contributed by atoms with Crippen molar-refractivity contribution < 1.29 is 9.18 Å². The van der Waals surface area contributed by atoms with Crippen LogP contribution >= 0.6 is 0 Å². The number of nitrogens with one attached hydrogen (secondary N) is 1. The van der Waals surface area contributed by atoms with Crippen molar-refractivity contribution in [2.24, 2.45) is 0 Å². The third kappa shape index (κ3) is 4.10. The van der Waals surface area contributed by atoms with E-state index < -0.39 is 0 Å². The maximum atomic E-state index is 13.5. The van der Waals surface area contributed by atoms with Gasteiger partial charge in [0.2, 0.25) is 5.91 Å². The van der Waals surface area contributed by atoms with Crippen LogP contribution in [-0.2, 0) is 11.2 Å². The number of hydrogen-bond acceptors (Lipinski definition) is 3. The van der Waals surface area contributed by atoms with Gasteiger partial charge in [0, 0.05) is 17.8 Å². The van der Waals surface area contributed by atoms with Crippen LogP contribution in [0, 0.1) is 12.7 Å². The van der Waals surface area contributed by atoms with Crippen LogP contribution in [-0.4, -0.2) is 23.5 Å². The van der Waals surface area contributed by atoms with Crippen LogP contribution < -0.4 is 10.2 Å². The minimum Gasteiger partial charge on any atom is -0.352 e. The number of benzene rings is 1. The summed E-state index contributed by atoms with van der Waals surface area (Å²) in [4.78, 5) is 18.5. The Labute approximate surface area is 153 Å². The van der Waals surface area contributed by atoms with E-state index in [0.717, 1.165) is 47.3 Å². The third-order valence-corrected chi connectivity index (χ3v) is 4.61. The van der Waals surface area contributed by atoms with E-state index in [9.17, 15) is 9.18 Å². The number of pyridine rings is 1. The van der Waals surface area contributed by atoms with Crippen molar-refractivity contribution >= 4 is 11.6 Å². The van der Waals surface area contributed by atoms with Gasteiger partial charge in [-0.1, -0.05) is 19.6 Å². The van der Waals surface area contributed by atoms with Crippen molar-refractivity contribution in [1.82, 2.24) is 10.3 Å². The fourth-order valence-corrected chi connectivity index (χ4v) is 3.00. The van der Waals surface area contributed by atoms with E-state index in [1.54, 1.807) is 29.4 Å². The summed E-state index contributed by atoms with van der Waals surface area (Å²) in [5, 5.41) is 2.99. The largest absolute Gasteiger partial charge is 0.352 e. The molecule has 1 aromatic heterocycles. The molecule has 0 spiro atoms. The standard InChI is InChI=1S/C21H24FN3O/c1-4-15-10-17(22)6-9-19(15)16-11-20(14(3)23-12-16)25(5-2)13-21(26)24-18-7-8-18/h5-6,9-12,18H,2,4,7-8,13H2,1,3H3,(H,24,26). The monoisotopic (exact) mass is 353 g/mol. The molecule has 26 heavy (non-hydrogen) atoms. The number of nitrogens with zero attached hydrogens (tertiary/aromatic N) is 2. The van der Waals surface area contributed by atoms with Crippen LogP contribution in [0.2, 0.25) is 0 Å². The Morgan fingerprint density at radius 3 is 2.85 bits per heavy atom. The van der Waals surface area contributed by atoms with Gasteiger partial charge in [0.05, 0.1) is 11.4 Å². The van der Waals surface area contributed by atoms with Gasteiger partial charge in [-0.25, -0.2) is 4.39 Å². The Bertz CT molecular complexity index is 830. The molecule has 1 aliphatic rings. The topological polar surface area (TPSA) is 45.2 Å². The Balaban J connectivity index is 1.91. The molecule has 0 bridgehead atoms. The normalized spacial score (nSPS) is 13.3. The summed E-state index contributed by atoms with van der Waals surface area (Å²) in [5.41, 5.74) is 4.42. The highest BCUT2D eigenvalue weighted by molar-refractivity contribution is 5.83. The molecule has 2 aromatic rings. The number of hydrogen-bond donors (Lipinski definition) is 1. The molecule has 1 aliphatic carbocycles. The first kappa shape index (κ1) is 18.1. The average Bonchev–Trinajstić information content (AvgIpc) is 3.44. The maximum Gasteiger partial charge on any atom is 0.240 e. The van der Waals surface area contributed by atoms with Crippen molar-refractivity contribution in [1.29, 1.82) is 0 Å². The summed E-state index contributed by atoms with van der Waals surface area (Å²) in [5.74, 6) is -0.261. The molecule has 1 fully saturated rings. The molecule has 4 nitrogen and oxygen atoms in total. The molecular weight excluding hydrogens is 329 g/mol. The zero-order valence-electron chi connectivity index (χ0n) is 15.3. The zero-order chi connectivity index (χ0) is 18.7. The molecule has 136 valence electrons. The van der Waals surface area contributed by atoms with Gasteiger partial charge in [-0.2, -0.15) is 0 Å². The van der Waals surface area contributed by atoms with E-state index in [0.29, 0.717) is 6.04 Å². The summed E-state index contributed by atoms with van der Waals surface area (Å²) in [6, 6.07) is 7.11. The van der Waals surface area contributed by atoms with Crippen molar-refractivity contribution in [3.63, 3.8) is 0 Å². The first-order valence-electron chi connectivity index (χ1n) is 8.95. The molecule has 0 unspecified atom stereocenters. The second-order valence-corrected chi connectivity index (χ2v) is 6.64. The number of anilines is 1. The molecule has 1 N–H and O–H groups in total. The van der Waals surface area contributed by atoms with Crippen LogP contribution in [0.1, 0.15) is 31.0 Å². The molecule has 1 amide bonds. The van der Waals surface area contributed by atoms with Gasteiger partial charge in [-0.15, -0.1) is 0 Å². The highest BCUT2D eigenvalue weighted by atomic mass is 19.1. The molecule has 1 heterocycles. The molecule has 0 atom stereocenters. The second-order valence-electron chi connectivity index (χ2n) is 6.64. The van der Waals surface area contributed by atoms with E-state index in [-0.39, 0.29) is 18.3 Å². The number of rotatable bonds is 7. The number of halogens is 1. The zero-order valence-corrected chi connectivity index (χ0v) is 15.3. The average molecular weight is 353 g/mol. The van der Waals surface area contributed by atoms with Gasteiger partial charge >= 0.3 is 0 Å². The Kier molecular flexibility index (Phi) is 5.35. The Morgan fingerprint density at radius 1 is 1.42 bits per heavy atom. The summed E-state index contributed by atoms with van der Waals surface area (Å²) in [6.45, 7) is 7.95. The minimum atomic E-state index is -0.240. The summed E-state index contributed by atoms with van der Waals surface area (Å²) in [6.07, 6.45) is 6.27. The number of carbonyl (C=O) groups excluding carboxylic acids is 1. The molecular formula is C21H24FN3O. The number of aromatic nitrogens is 1. The predicted octanol–water partition coefficient (Wildman–Crippen LogP) is 3.99. The fourth-order valence-electron chi connectivity index (χ4n) is 3.00. The van der Waals surface area contributed by atoms with Crippen molar-refractivity contribution in [3.05, 3.63) is 60.3 Å². The van der Waals surface area contributed by atoms with Gasteiger partial charge in [0.15, 0.2) is 0 Å². The highest BCUT2D eigenvalue weighted by Crippen LogP contribution is 2.29. The molecule has 0 aliphatic heterocycles. The van der Waals surface area contributed by atoms with E-state index in [4.69, 9.17) is 0 Å². The lowest BCUT2D eigenvalue weighted by atomic mass is 9.98. The number of amides is 1. The molecule has 1 saturated carbocycles. The van der Waals surface area contributed by atoms with Gasteiger partial charge in [-0.05, 0) is 61.7 Å². The minimum absolute atomic E-state index is 0.0202. The summed E-state index contributed by atoms with van der Waals surface area (Å²) >= 11 is 0. The van der Waals surface area contributed by atoms with Gasteiger partial charge in [0.1, 0.15) is 12.4 Å². The van der Waals surface area contributed by atoms with Crippen molar-refractivity contribution in [2.75, 3.05) is 11.4 Å². The molecule has 1 aromatic carbocycles. The van der Waals surface area contributed by atoms with Crippen LogP contribution in [0.4, 0.5) is 10.1 Å². The second kappa shape index (κ2) is 7.68. The quantitative estimate of drug-likeness (QED) is 0.819. The molecule has 0 radical (unpaired) electrons. The maximum absolute atomic E-state index is 13.5. The third-order valence-electron chi connectivity index (χ3n) is 4.61. The van der Waals surface area contributed by atoms with E-state index in [1.807, 2.05) is 19.9 Å².